The summed E-state index contributed by atoms with van der Waals surface area (Å²) in [7, 11) is 3.53. The maximum absolute atomic E-state index is 12.2. The molecule has 1 aromatic carbocycles. The highest BCUT2D eigenvalue weighted by Gasteiger charge is 2.46. The van der Waals surface area contributed by atoms with E-state index in [9.17, 15) is 9.59 Å². The van der Waals surface area contributed by atoms with Gasteiger partial charge in [-0.1, -0.05) is 23.8 Å². The van der Waals surface area contributed by atoms with Gasteiger partial charge in [-0.15, -0.1) is 0 Å². The fraction of sp³-hybridized carbons (Fsp3) is 0.579. The molecular formula is C19H27N3O2. The Labute approximate surface area is 144 Å². The van der Waals surface area contributed by atoms with E-state index in [2.05, 4.69) is 30.4 Å². The first-order chi connectivity index (χ1) is 11.3. The summed E-state index contributed by atoms with van der Waals surface area (Å²) in [6, 6.07) is 6.57. The second-order valence-corrected chi connectivity index (χ2v) is 7.48. The lowest BCUT2D eigenvalue weighted by Crippen LogP contribution is -2.44. The van der Waals surface area contributed by atoms with Gasteiger partial charge in [0.2, 0.25) is 5.91 Å². The quantitative estimate of drug-likeness (QED) is 0.861. The van der Waals surface area contributed by atoms with E-state index < -0.39 is 0 Å². The fourth-order valence-corrected chi connectivity index (χ4v) is 4.17. The summed E-state index contributed by atoms with van der Waals surface area (Å²) in [6.07, 6.45) is 2.87. The molecule has 1 aliphatic carbocycles. The van der Waals surface area contributed by atoms with Crippen LogP contribution in [0.2, 0.25) is 0 Å². The van der Waals surface area contributed by atoms with Gasteiger partial charge in [0.05, 0.1) is 6.04 Å². The Morgan fingerprint density at radius 2 is 1.92 bits per heavy atom. The molecule has 0 saturated carbocycles. The fourth-order valence-electron chi connectivity index (χ4n) is 4.17. The van der Waals surface area contributed by atoms with Crippen LogP contribution >= 0.6 is 0 Å². The minimum absolute atomic E-state index is 0.0512. The predicted molar refractivity (Wildman–Crippen MR) is 93.9 cm³/mol. The van der Waals surface area contributed by atoms with Gasteiger partial charge in [-0.2, -0.15) is 0 Å². The molecule has 24 heavy (non-hydrogen) atoms. The van der Waals surface area contributed by atoms with E-state index in [1.807, 2.05) is 4.90 Å². The molecular weight excluding hydrogens is 302 g/mol. The first-order valence-corrected chi connectivity index (χ1v) is 8.67. The standard InChI is InChI=1S/C19H27N3O2/c1-13-5-6-15-16(11-13)19(7-9-22(10-8-19)14(2)23)12-17(15)20-18(24)21(3)4/h5-6,11,17H,7-10,12H2,1-4H3,(H,20,24). The summed E-state index contributed by atoms with van der Waals surface area (Å²) >= 11 is 0. The van der Waals surface area contributed by atoms with Crippen LogP contribution in [-0.2, 0) is 10.2 Å². The van der Waals surface area contributed by atoms with E-state index in [0.717, 1.165) is 32.4 Å². The number of fused-ring (bicyclic) bond motifs is 2. The summed E-state index contributed by atoms with van der Waals surface area (Å²) in [6.45, 7) is 5.36. The third kappa shape index (κ3) is 2.87. The van der Waals surface area contributed by atoms with Crippen molar-refractivity contribution < 1.29 is 9.59 Å². The molecule has 1 heterocycles. The topological polar surface area (TPSA) is 52.7 Å². The lowest BCUT2D eigenvalue weighted by Gasteiger charge is -2.40. The molecule has 3 amide bonds. The Bertz CT molecular complexity index is 661. The molecule has 1 aromatic rings. The van der Waals surface area contributed by atoms with E-state index >= 15 is 0 Å². The number of piperidine rings is 1. The Morgan fingerprint density at radius 1 is 1.25 bits per heavy atom. The van der Waals surface area contributed by atoms with Crippen LogP contribution in [0.1, 0.15) is 48.9 Å². The molecule has 1 aliphatic heterocycles. The number of hydrogen-bond acceptors (Lipinski definition) is 2. The summed E-state index contributed by atoms with van der Waals surface area (Å²) in [5.41, 5.74) is 3.95. The van der Waals surface area contributed by atoms with E-state index in [1.54, 1.807) is 25.9 Å². The molecule has 2 aliphatic rings. The van der Waals surface area contributed by atoms with Crippen molar-refractivity contribution in [3.8, 4) is 0 Å². The average molecular weight is 329 g/mol. The molecule has 1 spiro atoms. The zero-order valence-electron chi connectivity index (χ0n) is 15.1. The molecule has 5 heteroatoms. The second kappa shape index (κ2) is 6.11. The molecule has 0 aromatic heterocycles. The van der Waals surface area contributed by atoms with Crippen LogP contribution in [0.3, 0.4) is 0 Å². The number of carbonyl (C=O) groups is 2. The van der Waals surface area contributed by atoms with Crippen molar-refractivity contribution in [2.75, 3.05) is 27.2 Å². The minimum atomic E-state index is -0.0512. The van der Waals surface area contributed by atoms with Gasteiger partial charge < -0.3 is 15.1 Å². The smallest absolute Gasteiger partial charge is 0.317 e. The number of rotatable bonds is 1. The third-order valence-electron chi connectivity index (χ3n) is 5.62. The van der Waals surface area contributed by atoms with Crippen molar-refractivity contribution in [2.24, 2.45) is 0 Å². The van der Waals surface area contributed by atoms with E-state index in [0.29, 0.717) is 0 Å². The Hall–Kier alpha value is -2.04. The predicted octanol–water partition coefficient (Wildman–Crippen LogP) is 2.59. The van der Waals surface area contributed by atoms with Crippen molar-refractivity contribution >= 4 is 11.9 Å². The molecule has 1 N–H and O–H groups in total. The van der Waals surface area contributed by atoms with Gasteiger partial charge in [0.15, 0.2) is 0 Å². The van der Waals surface area contributed by atoms with Crippen molar-refractivity contribution in [3.05, 3.63) is 34.9 Å². The number of amides is 3. The van der Waals surface area contributed by atoms with Crippen LogP contribution in [0.15, 0.2) is 18.2 Å². The van der Waals surface area contributed by atoms with Crippen molar-refractivity contribution in [1.82, 2.24) is 15.1 Å². The molecule has 1 saturated heterocycles. The van der Waals surface area contributed by atoms with Crippen molar-refractivity contribution in [3.63, 3.8) is 0 Å². The zero-order chi connectivity index (χ0) is 17.5. The van der Waals surface area contributed by atoms with E-state index in [1.165, 1.54) is 16.7 Å². The number of carbonyl (C=O) groups excluding carboxylic acids is 2. The first kappa shape index (κ1) is 16.8. The van der Waals surface area contributed by atoms with Gasteiger partial charge in [-0.25, -0.2) is 4.79 Å². The van der Waals surface area contributed by atoms with Crippen LogP contribution in [-0.4, -0.2) is 48.9 Å². The van der Waals surface area contributed by atoms with Gasteiger partial charge in [-0.05, 0) is 37.3 Å². The van der Waals surface area contributed by atoms with Crippen LogP contribution in [0.5, 0.6) is 0 Å². The van der Waals surface area contributed by atoms with Gasteiger partial charge in [0, 0.05) is 39.5 Å². The summed E-state index contributed by atoms with van der Waals surface area (Å²) < 4.78 is 0. The molecule has 1 unspecified atom stereocenters. The highest BCUT2D eigenvalue weighted by Crippen LogP contribution is 2.51. The van der Waals surface area contributed by atoms with Crippen LogP contribution in [0.4, 0.5) is 4.79 Å². The average Bonchev–Trinajstić information content (AvgIpc) is 2.81. The summed E-state index contributed by atoms with van der Waals surface area (Å²) in [5, 5.41) is 3.17. The summed E-state index contributed by atoms with van der Waals surface area (Å²) in [5.74, 6) is 0.157. The normalized spacial score (nSPS) is 21.5. The van der Waals surface area contributed by atoms with Crippen LogP contribution < -0.4 is 5.32 Å². The largest absolute Gasteiger partial charge is 0.343 e. The second-order valence-electron chi connectivity index (χ2n) is 7.48. The van der Waals surface area contributed by atoms with Crippen LogP contribution in [0, 0.1) is 6.92 Å². The number of benzene rings is 1. The number of hydrogen-bond donors (Lipinski definition) is 1. The zero-order valence-corrected chi connectivity index (χ0v) is 15.1. The number of nitrogens with one attached hydrogen (secondary N) is 1. The molecule has 1 fully saturated rings. The highest BCUT2D eigenvalue weighted by molar-refractivity contribution is 5.75. The van der Waals surface area contributed by atoms with Crippen LogP contribution in [0.25, 0.3) is 0 Å². The lowest BCUT2D eigenvalue weighted by molar-refractivity contribution is -0.130. The molecule has 3 rings (SSSR count). The lowest BCUT2D eigenvalue weighted by atomic mass is 9.73. The maximum Gasteiger partial charge on any atom is 0.317 e. The molecule has 5 nitrogen and oxygen atoms in total. The third-order valence-corrected chi connectivity index (χ3v) is 5.62. The number of nitrogens with zero attached hydrogens (tertiary/aromatic N) is 2. The minimum Gasteiger partial charge on any atom is -0.343 e. The van der Waals surface area contributed by atoms with Gasteiger partial charge in [0.25, 0.3) is 0 Å². The van der Waals surface area contributed by atoms with Crippen molar-refractivity contribution in [2.45, 2.75) is 44.6 Å². The number of likely N-dealkylation sites (tertiary alicyclic amines) is 1. The van der Waals surface area contributed by atoms with Gasteiger partial charge in [0.1, 0.15) is 0 Å². The number of urea groups is 1. The van der Waals surface area contributed by atoms with E-state index in [-0.39, 0.29) is 23.4 Å². The molecule has 130 valence electrons. The maximum atomic E-state index is 12.2. The monoisotopic (exact) mass is 329 g/mol. The Balaban J connectivity index is 1.89. The molecule has 0 bridgehead atoms. The van der Waals surface area contributed by atoms with Crippen molar-refractivity contribution in [1.29, 1.82) is 0 Å². The SMILES string of the molecule is CC(=O)N1CCC2(CC1)CC(NC(=O)N(C)C)c1ccc(C)cc12. The van der Waals surface area contributed by atoms with Gasteiger partial charge >= 0.3 is 6.03 Å². The summed E-state index contributed by atoms with van der Waals surface area (Å²) in [4.78, 5) is 27.3. The molecule has 0 radical (unpaired) electrons. The Kier molecular flexibility index (Phi) is 4.28. The first-order valence-electron chi connectivity index (χ1n) is 8.67. The number of aryl methyl sites for hydroxylation is 1. The Morgan fingerprint density at radius 3 is 2.50 bits per heavy atom. The van der Waals surface area contributed by atoms with E-state index in [4.69, 9.17) is 0 Å². The van der Waals surface area contributed by atoms with Gasteiger partial charge in [-0.3, -0.25) is 4.79 Å². The molecule has 1 atom stereocenters. The highest BCUT2D eigenvalue weighted by atomic mass is 16.2.